The minimum absolute atomic E-state index is 0. The Labute approximate surface area is 177 Å². The van der Waals surface area contributed by atoms with E-state index < -0.39 is 5.97 Å². The number of rotatable bonds is 18. The fourth-order valence-corrected chi connectivity index (χ4v) is 3.46. The number of carbonyl (C=O) groups is 1. The third kappa shape index (κ3) is 33.0. The minimum atomic E-state index is -1.08. The summed E-state index contributed by atoms with van der Waals surface area (Å²) in [6.07, 6.45) is 23.0. The molecule has 0 fully saturated rings. The Morgan fingerprint density at radius 1 is 0.607 bits per heavy atom. The molecule has 0 heterocycles. The molecule has 0 aromatic rings. The van der Waals surface area contributed by atoms with Crippen LogP contribution in [0.4, 0.5) is 0 Å². The summed E-state index contributed by atoms with van der Waals surface area (Å²) >= 11 is 0. The number of nitrogens with zero attached hydrogens (tertiary/aromatic N) is 1. The van der Waals surface area contributed by atoms with Crippen LogP contribution in [0.15, 0.2) is 0 Å². The van der Waals surface area contributed by atoms with Gasteiger partial charge in [0.25, 0.3) is 0 Å². The van der Waals surface area contributed by atoms with Gasteiger partial charge in [-0.25, -0.2) is 0 Å². The maximum absolute atomic E-state index is 8.89. The molecule has 0 atom stereocenters. The quantitative estimate of drug-likeness (QED) is 0.217. The molecule has 0 amide bonds. The van der Waals surface area contributed by atoms with Crippen molar-refractivity contribution >= 4 is 5.97 Å². The van der Waals surface area contributed by atoms with Gasteiger partial charge in [0, 0.05) is 5.97 Å². The fourth-order valence-electron chi connectivity index (χ4n) is 3.46. The van der Waals surface area contributed by atoms with Crippen LogP contribution in [-0.2, 0) is 4.79 Å². The molecule has 0 bridgehead atoms. The van der Waals surface area contributed by atoms with Gasteiger partial charge in [0.1, 0.15) is 0 Å². The van der Waals surface area contributed by atoms with E-state index in [0.29, 0.717) is 0 Å². The van der Waals surface area contributed by atoms with E-state index in [2.05, 4.69) is 27.9 Å². The van der Waals surface area contributed by atoms with Crippen LogP contribution in [0.25, 0.3) is 0 Å². The van der Waals surface area contributed by atoms with Crippen molar-refractivity contribution in [2.45, 2.75) is 124 Å². The van der Waals surface area contributed by atoms with Crippen molar-refractivity contribution in [3.63, 3.8) is 0 Å². The zero-order valence-corrected chi connectivity index (χ0v) is 20.2. The third-order valence-corrected chi connectivity index (χ3v) is 5.23. The third-order valence-electron chi connectivity index (χ3n) is 5.23. The molecule has 0 aliphatic heterocycles. The molecule has 0 aliphatic rings. The molecule has 172 valence electrons. The lowest BCUT2D eigenvalue weighted by Gasteiger charge is -2.30. The van der Waals surface area contributed by atoms with Crippen LogP contribution in [0.5, 0.6) is 0 Å². The Bertz CT molecular complexity index is 281. The summed E-state index contributed by atoms with van der Waals surface area (Å²) in [4.78, 5) is 8.89. The highest BCUT2D eigenvalue weighted by Crippen LogP contribution is 2.13. The van der Waals surface area contributed by atoms with Crippen molar-refractivity contribution in [2.75, 3.05) is 27.2 Å². The number of carboxylic acids is 1. The number of carbonyl (C=O) groups excluding carboxylic acids is 1. The van der Waals surface area contributed by atoms with E-state index in [1.807, 2.05) is 0 Å². The Balaban J connectivity index is -0.00000113. The van der Waals surface area contributed by atoms with Crippen LogP contribution in [0.1, 0.15) is 124 Å². The summed E-state index contributed by atoms with van der Waals surface area (Å²) in [5.74, 6) is -1.08. The lowest BCUT2D eigenvalue weighted by atomic mass is 10.1. The summed E-state index contributed by atoms with van der Waals surface area (Å²) in [5, 5.41) is 8.89. The number of hydrogen-bond acceptors (Lipinski definition) is 3. The van der Waals surface area contributed by atoms with Crippen molar-refractivity contribution in [2.24, 2.45) is 0 Å². The number of hydrogen-bond donors (Lipinski definition) is 1. The normalized spacial score (nSPS) is 10.8. The van der Waals surface area contributed by atoms with Gasteiger partial charge < -0.3 is 20.5 Å². The second-order valence-corrected chi connectivity index (χ2v) is 8.82. The summed E-state index contributed by atoms with van der Waals surface area (Å²) in [5.41, 5.74) is 0. The van der Waals surface area contributed by atoms with E-state index in [9.17, 15) is 0 Å². The number of aliphatic carboxylic acids is 1. The van der Waals surface area contributed by atoms with Crippen LogP contribution >= 0.6 is 0 Å². The predicted molar refractivity (Wildman–Crippen MR) is 123 cm³/mol. The summed E-state index contributed by atoms with van der Waals surface area (Å²) < 4.78 is 1.24. The second kappa shape index (κ2) is 24.4. The average molecular weight is 403 g/mol. The largest absolute Gasteiger partial charge is 0.550 e. The number of carboxylic acid groups (broad SMARTS) is 1. The van der Waals surface area contributed by atoms with E-state index >= 15 is 0 Å². The number of unbranched alkanes of at least 4 members (excludes halogenated alkanes) is 14. The number of quaternary nitrogens is 1. The van der Waals surface area contributed by atoms with Gasteiger partial charge >= 0.3 is 0 Å². The highest BCUT2D eigenvalue weighted by molar-refractivity contribution is 5.60. The Hall–Kier alpha value is -0.610. The summed E-state index contributed by atoms with van der Waals surface area (Å²) in [6.45, 7) is 8.33. The zero-order chi connectivity index (χ0) is 20.8. The van der Waals surface area contributed by atoms with Gasteiger partial charge in [-0.2, -0.15) is 0 Å². The first-order valence-electron chi connectivity index (χ1n) is 11.8. The fraction of sp³-hybridized carbons (Fsp3) is 0.958. The van der Waals surface area contributed by atoms with Crippen LogP contribution in [0.3, 0.4) is 0 Å². The van der Waals surface area contributed by atoms with Gasteiger partial charge in [0.05, 0.1) is 27.2 Å². The van der Waals surface area contributed by atoms with Gasteiger partial charge in [-0.05, 0) is 32.6 Å². The molecule has 0 saturated carbocycles. The van der Waals surface area contributed by atoms with Crippen molar-refractivity contribution in [1.82, 2.24) is 6.15 Å². The summed E-state index contributed by atoms with van der Waals surface area (Å²) in [7, 11) is 4.87. The van der Waals surface area contributed by atoms with E-state index in [-0.39, 0.29) is 6.15 Å². The van der Waals surface area contributed by atoms with Crippen LogP contribution in [0, 0.1) is 0 Å². The van der Waals surface area contributed by atoms with Crippen molar-refractivity contribution in [3.05, 3.63) is 0 Å². The van der Waals surface area contributed by atoms with E-state index in [0.717, 1.165) is 6.92 Å². The monoisotopic (exact) mass is 402 g/mol. The molecule has 0 aromatic carbocycles. The molecule has 0 saturated heterocycles. The van der Waals surface area contributed by atoms with Crippen LogP contribution in [0.2, 0.25) is 0 Å². The molecule has 0 unspecified atom stereocenters. The smallest absolute Gasteiger partial charge is 0.0782 e. The van der Waals surface area contributed by atoms with Crippen molar-refractivity contribution < 1.29 is 14.4 Å². The first-order valence-corrected chi connectivity index (χ1v) is 11.8. The second-order valence-electron chi connectivity index (χ2n) is 8.82. The molecule has 0 aliphatic carbocycles. The van der Waals surface area contributed by atoms with Gasteiger partial charge in [-0.15, -0.1) is 0 Å². The maximum Gasteiger partial charge on any atom is 0.0782 e. The molecule has 0 spiro atoms. The molecule has 4 nitrogen and oxygen atoms in total. The SMILES string of the molecule is CC(=O)[O-].CCCCCCCCCC[N+](C)(C)CCCCCCCCCC.N. The Morgan fingerprint density at radius 3 is 1.07 bits per heavy atom. The molecule has 0 aromatic heterocycles. The van der Waals surface area contributed by atoms with Crippen molar-refractivity contribution in [1.29, 1.82) is 0 Å². The summed E-state index contributed by atoms with van der Waals surface area (Å²) in [6, 6.07) is 0. The molecule has 0 radical (unpaired) electrons. The molecule has 4 heteroatoms. The van der Waals surface area contributed by atoms with Crippen LogP contribution < -0.4 is 11.3 Å². The average Bonchev–Trinajstić information content (AvgIpc) is 2.59. The highest BCUT2D eigenvalue weighted by Gasteiger charge is 2.13. The van der Waals surface area contributed by atoms with Crippen molar-refractivity contribution in [3.8, 4) is 0 Å². The topological polar surface area (TPSA) is 75.1 Å². The molecule has 28 heavy (non-hydrogen) atoms. The van der Waals surface area contributed by atoms with E-state index in [1.54, 1.807) is 0 Å². The lowest BCUT2D eigenvalue weighted by Crippen LogP contribution is -2.41. The van der Waals surface area contributed by atoms with E-state index in [4.69, 9.17) is 9.90 Å². The van der Waals surface area contributed by atoms with Gasteiger partial charge in [-0.3, -0.25) is 0 Å². The van der Waals surface area contributed by atoms with Gasteiger partial charge in [0.15, 0.2) is 0 Å². The Kier molecular flexibility index (Phi) is 28.0. The molecule has 0 rings (SSSR count). The standard InChI is InChI=1S/C22H48N.C2H4O2.H3N/c1-5-7-9-11-13-15-17-19-21-23(3,4)22-20-18-16-14-12-10-8-6-2;1-2(3)4;/h5-22H2,1-4H3;1H3,(H,3,4);1H3/q+1;;/p-1. The molecule has 3 N–H and O–H groups in total. The van der Waals surface area contributed by atoms with E-state index in [1.165, 1.54) is 120 Å². The van der Waals surface area contributed by atoms with Gasteiger partial charge in [0.2, 0.25) is 0 Å². The highest BCUT2D eigenvalue weighted by atomic mass is 16.4. The molecular weight excluding hydrogens is 348 g/mol. The molecular formula is C24H54N2O2. The lowest BCUT2D eigenvalue weighted by molar-refractivity contribution is -0.890. The first-order chi connectivity index (χ1) is 12.9. The van der Waals surface area contributed by atoms with Gasteiger partial charge in [-0.1, -0.05) is 90.9 Å². The first kappa shape index (κ1) is 32.1. The Morgan fingerprint density at radius 2 is 0.821 bits per heavy atom. The maximum atomic E-state index is 8.89. The zero-order valence-electron chi connectivity index (χ0n) is 20.2. The predicted octanol–water partition coefficient (Wildman–Crippen LogP) is 6.26. The minimum Gasteiger partial charge on any atom is -0.550 e. The van der Waals surface area contributed by atoms with Crippen LogP contribution in [-0.4, -0.2) is 37.6 Å².